The second-order valence-corrected chi connectivity index (χ2v) is 1.70. The van der Waals surface area contributed by atoms with Gasteiger partial charge in [0.15, 0.2) is 0 Å². The van der Waals surface area contributed by atoms with Crippen LogP contribution >= 0.6 is 0 Å². The minimum absolute atomic E-state index is 0.535. The molecule has 0 saturated carbocycles. The number of allylic oxidation sites excluding steroid dienone is 1. The van der Waals surface area contributed by atoms with Gasteiger partial charge in [0, 0.05) is 6.42 Å². The molecule has 0 spiro atoms. The monoisotopic (exact) mass is 160 g/mol. The summed E-state index contributed by atoms with van der Waals surface area (Å²) < 4.78 is 57.1. The number of hydrogen-bond donors (Lipinski definition) is 0. The smallest absolute Gasteiger partial charge is 0.196 e. The third-order valence-electron chi connectivity index (χ3n) is 0.815. The van der Waals surface area contributed by atoms with Crippen LogP contribution < -0.4 is 0 Å². The Labute approximate surface area is 54.3 Å². The number of hydrogen-bond acceptors (Lipinski definition) is 0. The molecule has 0 atom stereocenters. The van der Waals surface area contributed by atoms with Crippen LogP contribution in [0.25, 0.3) is 0 Å². The van der Waals surface area contributed by atoms with Gasteiger partial charge in [-0.15, -0.1) is 6.58 Å². The molecule has 0 N–H and O–H groups in total. The van der Waals surface area contributed by atoms with E-state index in [-0.39, 0.29) is 0 Å². The average molecular weight is 160 g/mol. The third-order valence-corrected chi connectivity index (χ3v) is 0.815. The molecule has 5 heteroatoms. The predicted octanol–water partition coefficient (Wildman–Crippen LogP) is 2.76. The van der Waals surface area contributed by atoms with Gasteiger partial charge in [-0.05, 0) is 0 Å². The Bertz CT molecular complexity index is 122. The van der Waals surface area contributed by atoms with Crippen molar-refractivity contribution in [2.75, 3.05) is 0 Å². The molecule has 0 amide bonds. The molecule has 0 nitrogen and oxygen atoms in total. The van der Waals surface area contributed by atoms with Gasteiger partial charge in [0.1, 0.15) is 0 Å². The lowest BCUT2D eigenvalue weighted by Gasteiger charge is -2.16. The van der Waals surface area contributed by atoms with E-state index in [2.05, 4.69) is 6.58 Å². The first-order chi connectivity index (χ1) is 4.31. The fraction of sp³-hybridized carbons (Fsp3) is 0.600. The first-order valence-corrected chi connectivity index (χ1v) is 2.36. The zero-order valence-electron chi connectivity index (χ0n) is 4.88. The van der Waals surface area contributed by atoms with Crippen molar-refractivity contribution in [3.63, 3.8) is 0 Å². The molecule has 0 aromatic heterocycles. The molecular formula is C5H5F5. The average Bonchev–Trinajstić information content (AvgIpc) is 1.61. The van der Waals surface area contributed by atoms with Crippen LogP contribution in [0.15, 0.2) is 12.7 Å². The minimum Gasteiger partial charge on any atom is -0.196 e. The molecular weight excluding hydrogens is 155 g/mol. The number of alkyl halides is 5. The zero-order valence-corrected chi connectivity index (χ0v) is 4.88. The van der Waals surface area contributed by atoms with Crippen LogP contribution in [-0.2, 0) is 0 Å². The van der Waals surface area contributed by atoms with E-state index in [0.717, 1.165) is 0 Å². The highest BCUT2D eigenvalue weighted by Gasteiger charge is 2.56. The predicted molar refractivity (Wildman–Crippen MR) is 25.8 cm³/mol. The first kappa shape index (κ1) is 9.39. The normalized spacial score (nSPS) is 13.3. The van der Waals surface area contributed by atoms with E-state index in [9.17, 15) is 22.0 Å². The van der Waals surface area contributed by atoms with Gasteiger partial charge in [0.2, 0.25) is 0 Å². The molecule has 60 valence electrons. The lowest BCUT2D eigenvalue weighted by atomic mass is 10.2. The minimum atomic E-state index is -5.46. The maximum Gasteiger partial charge on any atom is 0.453 e. The topological polar surface area (TPSA) is 0 Å². The summed E-state index contributed by atoms with van der Waals surface area (Å²) >= 11 is 0. The summed E-state index contributed by atoms with van der Waals surface area (Å²) in [4.78, 5) is 0. The van der Waals surface area contributed by atoms with Crippen molar-refractivity contribution >= 4 is 0 Å². The van der Waals surface area contributed by atoms with Crippen LogP contribution in [0.2, 0.25) is 0 Å². The molecule has 0 rings (SSSR count). The van der Waals surface area contributed by atoms with Crippen LogP contribution in [0.1, 0.15) is 6.42 Å². The van der Waals surface area contributed by atoms with Gasteiger partial charge < -0.3 is 0 Å². The van der Waals surface area contributed by atoms with Crippen molar-refractivity contribution < 1.29 is 22.0 Å². The lowest BCUT2D eigenvalue weighted by molar-refractivity contribution is -0.280. The van der Waals surface area contributed by atoms with E-state index in [0.29, 0.717) is 6.08 Å². The van der Waals surface area contributed by atoms with E-state index in [1.54, 1.807) is 0 Å². The summed E-state index contributed by atoms with van der Waals surface area (Å²) in [5.41, 5.74) is 0. The van der Waals surface area contributed by atoms with E-state index in [1.807, 2.05) is 0 Å². The van der Waals surface area contributed by atoms with Crippen LogP contribution in [0, 0.1) is 0 Å². The van der Waals surface area contributed by atoms with Gasteiger partial charge >= 0.3 is 12.1 Å². The Balaban J connectivity index is 4.23. The molecule has 0 aromatic rings. The number of halogens is 5. The summed E-state index contributed by atoms with van der Waals surface area (Å²) in [6, 6.07) is 0. The van der Waals surface area contributed by atoms with Gasteiger partial charge in [-0.25, -0.2) is 0 Å². The molecule has 0 aliphatic rings. The Hall–Kier alpha value is -0.610. The Kier molecular flexibility index (Phi) is 2.40. The molecule has 0 unspecified atom stereocenters. The molecule has 0 fully saturated rings. The van der Waals surface area contributed by atoms with Gasteiger partial charge in [0.05, 0.1) is 0 Å². The standard InChI is InChI=1S/C5H5F5/c1-2-3-4(6,7)5(8,9)10/h2H,1,3H2. The highest BCUT2D eigenvalue weighted by Crippen LogP contribution is 2.37. The molecule has 10 heavy (non-hydrogen) atoms. The van der Waals surface area contributed by atoms with Crippen LogP contribution in [0.4, 0.5) is 22.0 Å². The van der Waals surface area contributed by atoms with Gasteiger partial charge in [0.25, 0.3) is 0 Å². The van der Waals surface area contributed by atoms with Crippen LogP contribution in [0.5, 0.6) is 0 Å². The molecule has 0 aliphatic carbocycles. The number of rotatable bonds is 2. The van der Waals surface area contributed by atoms with Crippen molar-refractivity contribution in [2.24, 2.45) is 0 Å². The largest absolute Gasteiger partial charge is 0.453 e. The summed E-state index contributed by atoms with van der Waals surface area (Å²) in [6.45, 7) is 2.78. The quantitative estimate of drug-likeness (QED) is 0.430. The van der Waals surface area contributed by atoms with Crippen LogP contribution in [-0.4, -0.2) is 12.1 Å². The second-order valence-electron chi connectivity index (χ2n) is 1.70. The molecule has 0 aromatic carbocycles. The Morgan fingerprint density at radius 1 is 1.10 bits per heavy atom. The molecule has 0 bridgehead atoms. The van der Waals surface area contributed by atoms with Gasteiger partial charge in [-0.3, -0.25) is 0 Å². The lowest BCUT2D eigenvalue weighted by Crippen LogP contribution is -2.35. The van der Waals surface area contributed by atoms with E-state index < -0.39 is 18.5 Å². The van der Waals surface area contributed by atoms with Gasteiger partial charge in [-0.1, -0.05) is 6.08 Å². The van der Waals surface area contributed by atoms with Crippen molar-refractivity contribution in [2.45, 2.75) is 18.5 Å². The fourth-order valence-corrected chi connectivity index (χ4v) is 0.297. The highest BCUT2D eigenvalue weighted by molar-refractivity contribution is 4.84. The van der Waals surface area contributed by atoms with Crippen molar-refractivity contribution in [3.05, 3.63) is 12.7 Å². The van der Waals surface area contributed by atoms with Gasteiger partial charge in [-0.2, -0.15) is 22.0 Å². The molecule has 0 radical (unpaired) electrons. The summed E-state index contributed by atoms with van der Waals surface area (Å²) in [6.07, 6.45) is -6.29. The van der Waals surface area contributed by atoms with Crippen molar-refractivity contribution in [1.82, 2.24) is 0 Å². The van der Waals surface area contributed by atoms with Crippen LogP contribution in [0.3, 0.4) is 0 Å². The maximum atomic E-state index is 11.7. The summed E-state index contributed by atoms with van der Waals surface area (Å²) in [7, 11) is 0. The van der Waals surface area contributed by atoms with E-state index in [1.165, 1.54) is 0 Å². The second kappa shape index (κ2) is 2.56. The highest BCUT2D eigenvalue weighted by atomic mass is 19.4. The molecule has 0 heterocycles. The molecule has 0 saturated heterocycles. The summed E-state index contributed by atoms with van der Waals surface area (Å²) in [5.74, 6) is -4.63. The zero-order chi connectivity index (χ0) is 8.41. The van der Waals surface area contributed by atoms with E-state index in [4.69, 9.17) is 0 Å². The SMILES string of the molecule is C=CCC(F)(F)C(F)(F)F. The molecule has 0 aliphatic heterocycles. The van der Waals surface area contributed by atoms with Crippen molar-refractivity contribution in [1.29, 1.82) is 0 Å². The first-order valence-electron chi connectivity index (χ1n) is 2.36. The van der Waals surface area contributed by atoms with E-state index >= 15 is 0 Å². The Morgan fingerprint density at radius 2 is 1.50 bits per heavy atom. The Morgan fingerprint density at radius 3 is 1.60 bits per heavy atom. The van der Waals surface area contributed by atoms with Crippen molar-refractivity contribution in [3.8, 4) is 0 Å². The maximum absolute atomic E-state index is 11.7. The fourth-order valence-electron chi connectivity index (χ4n) is 0.297. The third kappa shape index (κ3) is 1.97. The summed E-state index contributed by atoms with van der Waals surface area (Å²) in [5, 5.41) is 0.